The van der Waals surface area contributed by atoms with Crippen LogP contribution in [0.1, 0.15) is 22.8 Å². The van der Waals surface area contributed by atoms with E-state index in [1.807, 2.05) is 37.3 Å². The molecule has 2 aromatic rings. The summed E-state index contributed by atoms with van der Waals surface area (Å²) < 4.78 is 5.27. The predicted molar refractivity (Wildman–Crippen MR) is 82.9 cm³/mol. The van der Waals surface area contributed by atoms with E-state index in [2.05, 4.69) is 0 Å². The fraction of sp³-hybridized carbons (Fsp3) is 0.250. The van der Waals surface area contributed by atoms with Gasteiger partial charge in [0, 0.05) is 6.42 Å². The van der Waals surface area contributed by atoms with Gasteiger partial charge in [0.2, 0.25) is 0 Å². The maximum Gasteiger partial charge on any atom is 0.122 e. The van der Waals surface area contributed by atoms with Gasteiger partial charge in [-0.2, -0.15) is 0 Å². The minimum Gasteiger partial charge on any atom is -0.496 e. The Hall–Kier alpha value is -1.22. The van der Waals surface area contributed by atoms with Crippen molar-refractivity contribution in [1.29, 1.82) is 0 Å². The number of aryl methyl sites for hydroxylation is 1. The van der Waals surface area contributed by atoms with E-state index in [0.717, 1.165) is 22.4 Å². The van der Waals surface area contributed by atoms with Crippen LogP contribution in [-0.2, 0) is 6.42 Å². The third-order valence-electron chi connectivity index (χ3n) is 3.26. The first-order chi connectivity index (χ1) is 9.52. The zero-order valence-corrected chi connectivity index (χ0v) is 12.9. The summed E-state index contributed by atoms with van der Waals surface area (Å²) in [6.07, 6.45) is -0.244. The van der Waals surface area contributed by atoms with E-state index in [1.54, 1.807) is 13.2 Å². The molecule has 0 aliphatic carbocycles. The molecule has 1 atom stereocenters. The molecular formula is C16H16Cl2O2. The third-order valence-corrected chi connectivity index (χ3v) is 4.12. The molecule has 0 amide bonds. The zero-order chi connectivity index (χ0) is 14.7. The van der Waals surface area contributed by atoms with Crippen LogP contribution in [0.2, 0.25) is 10.0 Å². The van der Waals surface area contributed by atoms with Crippen LogP contribution in [0, 0.1) is 6.92 Å². The van der Waals surface area contributed by atoms with Crippen molar-refractivity contribution in [2.24, 2.45) is 0 Å². The van der Waals surface area contributed by atoms with Gasteiger partial charge in [0.25, 0.3) is 0 Å². The third kappa shape index (κ3) is 3.26. The normalized spacial score (nSPS) is 12.2. The van der Waals surface area contributed by atoms with Crippen LogP contribution in [0.4, 0.5) is 0 Å². The Morgan fingerprint density at radius 3 is 2.65 bits per heavy atom. The Morgan fingerprint density at radius 2 is 1.95 bits per heavy atom. The van der Waals surface area contributed by atoms with Crippen LogP contribution < -0.4 is 4.74 Å². The zero-order valence-electron chi connectivity index (χ0n) is 11.4. The molecule has 0 heterocycles. The van der Waals surface area contributed by atoms with Crippen molar-refractivity contribution < 1.29 is 9.84 Å². The van der Waals surface area contributed by atoms with Crippen molar-refractivity contribution in [2.75, 3.05) is 7.11 Å². The molecule has 0 radical (unpaired) electrons. The van der Waals surface area contributed by atoms with E-state index in [0.29, 0.717) is 16.5 Å². The first-order valence-corrected chi connectivity index (χ1v) is 7.04. The maximum atomic E-state index is 10.3. The molecule has 0 spiro atoms. The van der Waals surface area contributed by atoms with E-state index in [-0.39, 0.29) is 0 Å². The van der Waals surface area contributed by atoms with Crippen molar-refractivity contribution in [3.63, 3.8) is 0 Å². The highest BCUT2D eigenvalue weighted by Gasteiger charge is 2.13. The number of methoxy groups -OCH3 is 1. The Morgan fingerprint density at radius 1 is 1.20 bits per heavy atom. The summed E-state index contributed by atoms with van der Waals surface area (Å²) in [6.45, 7) is 1.96. The lowest BCUT2D eigenvalue weighted by atomic mass is 10.00. The summed E-state index contributed by atoms with van der Waals surface area (Å²) >= 11 is 12.1. The highest BCUT2D eigenvalue weighted by atomic mass is 35.5. The molecule has 0 aromatic heterocycles. The average molecular weight is 311 g/mol. The molecule has 2 nitrogen and oxygen atoms in total. The number of rotatable bonds is 4. The van der Waals surface area contributed by atoms with Gasteiger partial charge in [-0.15, -0.1) is 0 Å². The number of halogens is 2. The first kappa shape index (κ1) is 15.2. The van der Waals surface area contributed by atoms with Crippen molar-refractivity contribution in [1.82, 2.24) is 0 Å². The summed E-state index contributed by atoms with van der Waals surface area (Å²) in [6, 6.07) is 11.1. The van der Waals surface area contributed by atoms with Crippen LogP contribution in [0.15, 0.2) is 36.4 Å². The van der Waals surface area contributed by atoms with E-state index in [1.165, 1.54) is 0 Å². The number of aliphatic hydroxyl groups is 1. The van der Waals surface area contributed by atoms with Crippen molar-refractivity contribution in [2.45, 2.75) is 19.4 Å². The number of hydrogen-bond donors (Lipinski definition) is 1. The van der Waals surface area contributed by atoms with Crippen LogP contribution in [0.25, 0.3) is 0 Å². The van der Waals surface area contributed by atoms with Gasteiger partial charge in [-0.25, -0.2) is 0 Å². The van der Waals surface area contributed by atoms with Crippen molar-refractivity contribution in [3.05, 3.63) is 63.1 Å². The van der Waals surface area contributed by atoms with E-state index < -0.39 is 6.10 Å². The smallest absolute Gasteiger partial charge is 0.122 e. The second-order valence-corrected chi connectivity index (χ2v) is 5.45. The molecule has 0 bridgehead atoms. The molecule has 0 saturated carbocycles. The number of hydrogen-bond acceptors (Lipinski definition) is 2. The fourth-order valence-electron chi connectivity index (χ4n) is 2.08. The van der Waals surface area contributed by atoms with E-state index in [4.69, 9.17) is 27.9 Å². The Bertz CT molecular complexity index is 611. The molecule has 0 aliphatic heterocycles. The first-order valence-electron chi connectivity index (χ1n) is 6.28. The standard InChI is InChI=1S/C16H16Cl2O2/c1-10-6-7-11(9-15(10)20-2)14(19)8-12-4-3-5-13(17)16(12)18/h3-7,9,14,19H,8H2,1-2H3. The van der Waals surface area contributed by atoms with Gasteiger partial charge >= 0.3 is 0 Å². The second kappa shape index (κ2) is 6.49. The highest BCUT2D eigenvalue weighted by molar-refractivity contribution is 6.42. The van der Waals surface area contributed by atoms with Gasteiger partial charge in [-0.05, 0) is 35.7 Å². The van der Waals surface area contributed by atoms with Gasteiger partial charge in [0.1, 0.15) is 5.75 Å². The maximum absolute atomic E-state index is 10.3. The minimum absolute atomic E-state index is 0.408. The average Bonchev–Trinajstić information content (AvgIpc) is 2.44. The summed E-state index contributed by atoms with van der Waals surface area (Å²) in [5, 5.41) is 11.3. The van der Waals surface area contributed by atoms with E-state index >= 15 is 0 Å². The summed E-state index contributed by atoms with van der Waals surface area (Å²) in [4.78, 5) is 0. The van der Waals surface area contributed by atoms with Crippen molar-refractivity contribution >= 4 is 23.2 Å². The van der Waals surface area contributed by atoms with Gasteiger partial charge < -0.3 is 9.84 Å². The van der Waals surface area contributed by atoms with Crippen LogP contribution >= 0.6 is 23.2 Å². The number of aliphatic hydroxyl groups excluding tert-OH is 1. The predicted octanol–water partition coefficient (Wildman–Crippen LogP) is 4.59. The molecular weight excluding hydrogens is 295 g/mol. The van der Waals surface area contributed by atoms with E-state index in [9.17, 15) is 5.11 Å². The molecule has 2 aromatic carbocycles. The lowest BCUT2D eigenvalue weighted by molar-refractivity contribution is 0.178. The van der Waals surface area contributed by atoms with Crippen LogP contribution in [0.3, 0.4) is 0 Å². The Kier molecular flexibility index (Phi) is 4.92. The molecule has 1 N–H and O–H groups in total. The lowest BCUT2D eigenvalue weighted by Gasteiger charge is -2.14. The molecule has 0 fully saturated rings. The molecule has 0 saturated heterocycles. The molecule has 106 valence electrons. The SMILES string of the molecule is COc1cc(C(O)Cc2cccc(Cl)c2Cl)ccc1C. The van der Waals surface area contributed by atoms with Gasteiger partial charge in [0.15, 0.2) is 0 Å². The van der Waals surface area contributed by atoms with Crippen LogP contribution in [0.5, 0.6) is 5.75 Å². The van der Waals surface area contributed by atoms with Gasteiger partial charge in [-0.3, -0.25) is 0 Å². The number of ether oxygens (including phenoxy) is 1. The minimum atomic E-state index is -0.652. The molecule has 0 aliphatic rings. The lowest BCUT2D eigenvalue weighted by Crippen LogP contribution is -2.03. The van der Waals surface area contributed by atoms with Gasteiger partial charge in [0.05, 0.1) is 23.3 Å². The molecule has 2 rings (SSSR count). The summed E-state index contributed by atoms with van der Waals surface area (Å²) in [5.41, 5.74) is 2.65. The largest absolute Gasteiger partial charge is 0.496 e. The van der Waals surface area contributed by atoms with Gasteiger partial charge in [-0.1, -0.05) is 47.5 Å². The molecule has 20 heavy (non-hydrogen) atoms. The highest BCUT2D eigenvalue weighted by Crippen LogP contribution is 2.30. The second-order valence-electron chi connectivity index (χ2n) is 4.66. The summed E-state index contributed by atoms with van der Waals surface area (Å²) in [5.74, 6) is 0.763. The Balaban J connectivity index is 2.24. The van der Waals surface area contributed by atoms with Crippen molar-refractivity contribution in [3.8, 4) is 5.75 Å². The molecule has 4 heteroatoms. The number of benzene rings is 2. The molecule has 1 unspecified atom stereocenters. The fourth-order valence-corrected chi connectivity index (χ4v) is 2.47. The quantitative estimate of drug-likeness (QED) is 0.895. The summed E-state index contributed by atoms with van der Waals surface area (Å²) in [7, 11) is 1.62. The monoisotopic (exact) mass is 310 g/mol. The topological polar surface area (TPSA) is 29.5 Å². The van der Waals surface area contributed by atoms with Crippen LogP contribution in [-0.4, -0.2) is 12.2 Å². The Labute approximate surface area is 128 Å².